The molecule has 0 aromatic heterocycles. The number of rotatable bonds is 39. The Bertz CT molecular complexity index is 2240. The lowest BCUT2D eigenvalue weighted by atomic mass is 9.96. The van der Waals surface area contributed by atoms with Crippen molar-refractivity contribution in [3.63, 3.8) is 0 Å². The molecule has 510 valence electrons. The van der Waals surface area contributed by atoms with E-state index in [2.05, 4.69) is 10.6 Å². The standard InChI is InChI=1S/C55H90N4O30/c1-28-40(70)44(74)47(77)52(84-28)81-20-18-56-35(65)13-8-6-11-30(63)23-58(22-29(62)10-4-2-3-5-15-39(69)89-59-37(67)16-17-38(59)68)24-31(64)12-7-9-14-36(66)57-19-21-82-54-50(80)51(88-55-49(79)46(76)42(72)33(26-61)86-55)43(73)34(87-54)27-83-53-48(78)45(75)41(71)32(25-60)85-53/h28,32-34,40-55,60-61,70-80H,2-27H2,1H3,(H,56,65)(H,57,66)/t28-,32+,33+,34+,40+,41+,42+,43+,44+,45-,46-,47-,48-,49-,50-,51-,52+,53-,54-,55+/m0/s1. The molecule has 5 saturated heterocycles. The maximum atomic E-state index is 13.3. The molecule has 34 heteroatoms. The van der Waals surface area contributed by atoms with Crippen LogP contribution in [0.5, 0.6) is 0 Å². The van der Waals surface area contributed by atoms with Crippen molar-refractivity contribution in [3.05, 3.63) is 0 Å². The van der Waals surface area contributed by atoms with Crippen LogP contribution in [0.4, 0.5) is 0 Å². The third-order valence-corrected chi connectivity index (χ3v) is 15.5. The van der Waals surface area contributed by atoms with Crippen LogP contribution in [0.3, 0.4) is 0 Å². The molecule has 4 amide bonds. The van der Waals surface area contributed by atoms with E-state index in [4.69, 9.17) is 42.7 Å². The summed E-state index contributed by atoms with van der Waals surface area (Å²) >= 11 is 0. The number of nitrogens with one attached hydrogen (secondary N) is 2. The molecule has 0 saturated carbocycles. The number of Topliss-reactive ketones (excluding diaryl/α,β-unsaturated/α-hetero) is 3. The summed E-state index contributed by atoms with van der Waals surface area (Å²) in [6.07, 6.45) is -29.6. The Hall–Kier alpha value is -4.32. The van der Waals surface area contributed by atoms with Gasteiger partial charge in [0.15, 0.2) is 25.2 Å². The van der Waals surface area contributed by atoms with Crippen molar-refractivity contribution in [2.45, 2.75) is 232 Å². The lowest BCUT2D eigenvalue weighted by Crippen LogP contribution is -2.65. The monoisotopic (exact) mass is 1290 g/mol. The molecule has 5 aliphatic rings. The third-order valence-electron chi connectivity index (χ3n) is 15.5. The number of carbonyl (C=O) groups is 8. The Morgan fingerprint density at radius 2 is 0.876 bits per heavy atom. The largest absolute Gasteiger partial charge is 0.394 e. The Balaban J connectivity index is 1.05. The quantitative estimate of drug-likeness (QED) is 0.0201. The van der Waals surface area contributed by atoms with Gasteiger partial charge in [-0.1, -0.05) is 12.8 Å². The smallest absolute Gasteiger partial charge is 0.333 e. The lowest BCUT2D eigenvalue weighted by Gasteiger charge is -2.46. The fourth-order valence-electron chi connectivity index (χ4n) is 10.2. The summed E-state index contributed by atoms with van der Waals surface area (Å²) in [5.74, 6) is -3.60. The van der Waals surface area contributed by atoms with Crippen molar-refractivity contribution in [2.24, 2.45) is 0 Å². The number of aliphatic hydroxyl groups is 13. The van der Waals surface area contributed by atoms with Crippen LogP contribution >= 0.6 is 0 Å². The molecule has 5 aliphatic heterocycles. The van der Waals surface area contributed by atoms with Crippen LogP contribution in [-0.4, -0.2) is 312 Å². The summed E-state index contributed by atoms with van der Waals surface area (Å²) in [7, 11) is 0. The number of imide groups is 1. The van der Waals surface area contributed by atoms with Crippen molar-refractivity contribution >= 4 is 46.9 Å². The number of hydrogen-bond donors (Lipinski definition) is 15. The van der Waals surface area contributed by atoms with Gasteiger partial charge in [0.1, 0.15) is 109 Å². The summed E-state index contributed by atoms with van der Waals surface area (Å²) in [5.41, 5.74) is 0. The highest BCUT2D eigenvalue weighted by Gasteiger charge is 2.52. The van der Waals surface area contributed by atoms with Crippen molar-refractivity contribution in [2.75, 3.05) is 65.8 Å². The maximum absolute atomic E-state index is 13.3. The minimum atomic E-state index is -1.97. The zero-order valence-corrected chi connectivity index (χ0v) is 49.6. The van der Waals surface area contributed by atoms with Gasteiger partial charge in [-0.2, -0.15) is 0 Å². The van der Waals surface area contributed by atoms with E-state index in [1.807, 2.05) is 0 Å². The van der Waals surface area contributed by atoms with Gasteiger partial charge < -0.3 is 120 Å². The number of ether oxygens (including phenoxy) is 8. The van der Waals surface area contributed by atoms with E-state index in [0.717, 1.165) is 0 Å². The second-order valence-electron chi connectivity index (χ2n) is 22.6. The average molecular weight is 1290 g/mol. The van der Waals surface area contributed by atoms with Crippen molar-refractivity contribution in [1.29, 1.82) is 0 Å². The Morgan fingerprint density at radius 1 is 0.472 bits per heavy atom. The molecule has 0 aromatic rings. The minimum absolute atomic E-state index is 0.0210. The highest BCUT2D eigenvalue weighted by Crippen LogP contribution is 2.31. The fraction of sp³-hybridized carbons (Fsp3) is 0.855. The molecule has 0 bridgehead atoms. The summed E-state index contributed by atoms with van der Waals surface area (Å²) in [5, 5.41) is 140. The van der Waals surface area contributed by atoms with E-state index in [9.17, 15) is 105 Å². The molecular formula is C55H90N4O30. The Morgan fingerprint density at radius 3 is 1.37 bits per heavy atom. The van der Waals surface area contributed by atoms with Crippen molar-refractivity contribution in [3.8, 4) is 0 Å². The van der Waals surface area contributed by atoms with E-state index >= 15 is 0 Å². The number of unbranched alkanes of at least 4 members (excludes halogenated alkanes) is 5. The average Bonchev–Trinajstić information content (AvgIpc) is 3.62. The SMILES string of the molecule is C[C@@H]1O[C@@H](OCCNC(=O)CCCCC(=O)CN(CC(=O)CCCCCCC(=O)ON2C(=O)CCC2=O)CC(=O)CCCCC(=O)NCCO[C@H]2O[C@H](CO[C@H]3O[C@H](CO)[C@@H](O)[C@H](O)[C@@H]3O)[C@@H](O)[C@H](O[C@H]3O[C@H](CO)[C@@H](O)[C@H](O)[C@@H]3O)[C@@H]2O)[C@@H](O)[C@H](O)[C@@H]1O. The molecule has 20 atom stereocenters. The first kappa shape index (κ1) is 75.4. The van der Waals surface area contributed by atoms with E-state index in [0.29, 0.717) is 43.6 Å². The van der Waals surface area contributed by atoms with E-state index in [1.54, 1.807) is 0 Å². The van der Waals surface area contributed by atoms with Crippen LogP contribution < -0.4 is 10.6 Å². The van der Waals surface area contributed by atoms with E-state index in [-0.39, 0.29) is 133 Å². The predicted molar refractivity (Wildman–Crippen MR) is 293 cm³/mol. The van der Waals surface area contributed by atoms with Crippen LogP contribution in [0.1, 0.15) is 110 Å². The molecule has 5 rings (SSSR count). The second kappa shape index (κ2) is 38.0. The zero-order valence-electron chi connectivity index (χ0n) is 49.6. The van der Waals surface area contributed by atoms with Gasteiger partial charge in [0.05, 0.1) is 58.8 Å². The lowest BCUT2D eigenvalue weighted by molar-refractivity contribution is -0.366. The molecular weight excluding hydrogens is 1200 g/mol. The Labute approximate surface area is 512 Å². The molecule has 34 nitrogen and oxygen atoms in total. The number of amides is 4. The molecule has 15 N–H and O–H groups in total. The molecule has 5 heterocycles. The van der Waals surface area contributed by atoms with Crippen LogP contribution in [0.2, 0.25) is 0 Å². The van der Waals surface area contributed by atoms with Gasteiger partial charge in [-0.05, 0) is 45.4 Å². The molecule has 0 unspecified atom stereocenters. The highest BCUT2D eigenvalue weighted by atomic mass is 16.8. The van der Waals surface area contributed by atoms with E-state index in [1.165, 1.54) is 11.8 Å². The van der Waals surface area contributed by atoms with Crippen LogP contribution in [0, 0.1) is 0 Å². The number of hydroxylamine groups is 2. The summed E-state index contributed by atoms with van der Waals surface area (Å²) in [4.78, 5) is 107. The zero-order chi connectivity index (χ0) is 65.5. The molecule has 0 spiro atoms. The highest BCUT2D eigenvalue weighted by molar-refractivity contribution is 6.01. The second-order valence-corrected chi connectivity index (χ2v) is 22.6. The first-order chi connectivity index (χ1) is 42.3. The predicted octanol–water partition coefficient (Wildman–Crippen LogP) is -7.39. The molecule has 0 aromatic carbocycles. The number of hydrogen-bond acceptors (Lipinski definition) is 31. The minimum Gasteiger partial charge on any atom is -0.394 e. The van der Waals surface area contributed by atoms with Crippen LogP contribution in [-0.2, 0) is 81.1 Å². The number of nitrogens with zero attached hydrogens (tertiary/aromatic N) is 2. The van der Waals surface area contributed by atoms with Gasteiger partial charge in [0, 0.05) is 64.5 Å². The number of aliphatic hydroxyl groups excluding tert-OH is 13. The van der Waals surface area contributed by atoms with Crippen molar-refractivity contribution in [1.82, 2.24) is 20.6 Å². The van der Waals surface area contributed by atoms with Gasteiger partial charge >= 0.3 is 5.97 Å². The third kappa shape index (κ3) is 23.3. The topological polar surface area (TPSA) is 513 Å². The van der Waals surface area contributed by atoms with Crippen LogP contribution in [0.15, 0.2) is 0 Å². The summed E-state index contributed by atoms with van der Waals surface area (Å²) in [6, 6.07) is 0. The van der Waals surface area contributed by atoms with Gasteiger partial charge in [-0.3, -0.25) is 38.5 Å². The van der Waals surface area contributed by atoms with Crippen LogP contribution in [0.25, 0.3) is 0 Å². The molecule has 0 radical (unpaired) electrons. The van der Waals surface area contributed by atoms with Gasteiger partial charge in [-0.15, -0.1) is 5.06 Å². The maximum Gasteiger partial charge on any atom is 0.333 e. The van der Waals surface area contributed by atoms with E-state index < -0.39 is 166 Å². The Kier molecular flexibility index (Phi) is 32.2. The number of ketones is 3. The number of carbonyl (C=O) groups excluding carboxylic acids is 8. The molecule has 0 aliphatic carbocycles. The first-order valence-corrected chi connectivity index (χ1v) is 30.1. The fourth-order valence-corrected chi connectivity index (χ4v) is 10.2. The van der Waals surface area contributed by atoms with Gasteiger partial charge in [0.25, 0.3) is 11.8 Å². The van der Waals surface area contributed by atoms with Gasteiger partial charge in [-0.25, -0.2) is 4.79 Å². The van der Waals surface area contributed by atoms with Gasteiger partial charge in [0.2, 0.25) is 11.8 Å². The van der Waals surface area contributed by atoms with Crippen molar-refractivity contribution < 1.29 is 147 Å². The first-order valence-electron chi connectivity index (χ1n) is 30.1. The summed E-state index contributed by atoms with van der Waals surface area (Å²) in [6.45, 7) is -2.12. The normalized spacial score (nSPS) is 33.3. The molecule has 5 fully saturated rings. The summed E-state index contributed by atoms with van der Waals surface area (Å²) < 4.78 is 44.2. The molecule has 89 heavy (non-hydrogen) atoms.